The van der Waals surface area contributed by atoms with Gasteiger partial charge in [0.05, 0.1) is 11.2 Å². The molecule has 0 unspecified atom stereocenters. The van der Waals surface area contributed by atoms with E-state index in [0.29, 0.717) is 11.9 Å². The van der Waals surface area contributed by atoms with Crippen LogP contribution in [-0.4, -0.2) is 29.9 Å². The van der Waals surface area contributed by atoms with Crippen molar-refractivity contribution in [2.75, 3.05) is 0 Å². The molecule has 6 heteroatoms. The topological polar surface area (TPSA) is 44.8 Å². The first-order valence-electron chi connectivity index (χ1n) is 8.66. The predicted molar refractivity (Wildman–Crippen MR) is 96.3 cm³/mol. The monoisotopic (exact) mass is 350 g/mol. The molecule has 1 heterocycles. The predicted octanol–water partition coefficient (Wildman–Crippen LogP) is 3.40. The molecule has 0 saturated carbocycles. The molecule has 1 aliphatic heterocycles. The summed E-state index contributed by atoms with van der Waals surface area (Å²) >= 11 is 0. The van der Waals surface area contributed by atoms with Gasteiger partial charge in [-0.2, -0.15) is 0 Å². The molecule has 0 atom stereocenters. The van der Waals surface area contributed by atoms with Crippen molar-refractivity contribution in [3.8, 4) is 0 Å². The Morgan fingerprint density at radius 3 is 2.20 bits per heavy atom. The fraction of sp³-hybridized carbons (Fsp3) is 0.632. The van der Waals surface area contributed by atoms with Crippen LogP contribution in [0.25, 0.3) is 0 Å². The smallest absolute Gasteiger partial charge is 0.460 e. The molecule has 2 rings (SSSR count). The molecule has 1 aromatic rings. The van der Waals surface area contributed by atoms with E-state index in [2.05, 4.69) is 0 Å². The summed E-state index contributed by atoms with van der Waals surface area (Å²) in [7, 11) is -0.624. The molecule has 138 valence electrons. The van der Waals surface area contributed by atoms with Crippen LogP contribution in [0, 0.1) is 5.82 Å². The Morgan fingerprint density at radius 1 is 1.12 bits per heavy atom. The molecular weight excluding hydrogens is 322 g/mol. The molecule has 0 aromatic heterocycles. The van der Waals surface area contributed by atoms with Crippen molar-refractivity contribution < 1.29 is 23.2 Å². The van der Waals surface area contributed by atoms with Gasteiger partial charge < -0.3 is 14.0 Å². The van der Waals surface area contributed by atoms with Crippen molar-refractivity contribution in [2.45, 2.75) is 78.1 Å². The normalized spacial score (nSPS) is 19.1. The number of aryl methyl sites for hydroxylation is 1. The van der Waals surface area contributed by atoms with Gasteiger partial charge in [-0.25, -0.2) is 4.39 Å². The van der Waals surface area contributed by atoms with E-state index < -0.39 is 23.9 Å². The fourth-order valence-electron chi connectivity index (χ4n) is 2.57. The third-order valence-electron chi connectivity index (χ3n) is 4.54. The number of benzene rings is 1. The van der Waals surface area contributed by atoms with Gasteiger partial charge in [-0.15, -0.1) is 0 Å². The van der Waals surface area contributed by atoms with E-state index >= 15 is 0 Å². The Labute approximate surface area is 150 Å². The molecule has 0 spiro atoms. The Hall–Kier alpha value is -1.40. The zero-order valence-corrected chi connectivity index (χ0v) is 16.2. The molecule has 1 aliphatic rings. The standard InChI is InChI=1S/C19H28BFO4/c1-17(2,3)23-16(22)9-8-13-10-14(12-15(21)11-13)20-24-18(4,5)19(6,7)25-20/h10-12H,8-9H2,1-7H3. The molecular formula is C19H28BFO4. The Morgan fingerprint density at radius 2 is 1.68 bits per heavy atom. The van der Waals surface area contributed by atoms with Crippen LogP contribution in [0.1, 0.15) is 60.5 Å². The molecule has 0 N–H and O–H groups in total. The zero-order valence-electron chi connectivity index (χ0n) is 16.2. The second kappa shape index (κ2) is 6.73. The maximum Gasteiger partial charge on any atom is 0.494 e. The van der Waals surface area contributed by atoms with Crippen molar-refractivity contribution in [1.29, 1.82) is 0 Å². The summed E-state index contributed by atoms with van der Waals surface area (Å²) in [5.41, 5.74) is -0.151. The van der Waals surface area contributed by atoms with Gasteiger partial charge in [-0.05, 0) is 78.0 Å². The number of hydrogen-bond donors (Lipinski definition) is 0. The van der Waals surface area contributed by atoms with Crippen LogP contribution in [0.15, 0.2) is 18.2 Å². The molecule has 0 amide bonds. The maximum atomic E-state index is 14.0. The van der Waals surface area contributed by atoms with Crippen molar-refractivity contribution in [2.24, 2.45) is 0 Å². The second-order valence-electron chi connectivity index (χ2n) is 8.57. The quantitative estimate of drug-likeness (QED) is 0.617. The maximum absolute atomic E-state index is 14.0. The second-order valence-corrected chi connectivity index (χ2v) is 8.57. The Bertz CT molecular complexity index is 633. The summed E-state index contributed by atoms with van der Waals surface area (Å²) in [5, 5.41) is 0. The summed E-state index contributed by atoms with van der Waals surface area (Å²) < 4.78 is 31.3. The van der Waals surface area contributed by atoms with E-state index in [9.17, 15) is 9.18 Å². The van der Waals surface area contributed by atoms with Crippen LogP contribution >= 0.6 is 0 Å². The highest BCUT2D eigenvalue weighted by Crippen LogP contribution is 2.36. The first-order chi connectivity index (χ1) is 11.3. The SMILES string of the molecule is CC(C)(C)OC(=O)CCc1cc(F)cc(B2OC(C)(C)C(C)(C)O2)c1. The number of esters is 1. The van der Waals surface area contributed by atoms with Crippen LogP contribution in [0.5, 0.6) is 0 Å². The van der Waals surface area contributed by atoms with Crippen LogP contribution in [-0.2, 0) is 25.3 Å². The van der Waals surface area contributed by atoms with Crippen LogP contribution in [0.4, 0.5) is 4.39 Å². The number of carbonyl (C=O) groups excluding carboxylic acids is 1. The van der Waals surface area contributed by atoms with Gasteiger partial charge in [0.15, 0.2) is 0 Å². The minimum Gasteiger partial charge on any atom is -0.460 e. The lowest BCUT2D eigenvalue weighted by molar-refractivity contribution is -0.154. The van der Waals surface area contributed by atoms with Crippen LogP contribution in [0.3, 0.4) is 0 Å². The molecule has 0 aliphatic carbocycles. The van der Waals surface area contributed by atoms with Gasteiger partial charge >= 0.3 is 13.1 Å². The lowest BCUT2D eigenvalue weighted by Gasteiger charge is -2.32. The van der Waals surface area contributed by atoms with E-state index in [0.717, 1.165) is 5.56 Å². The largest absolute Gasteiger partial charge is 0.494 e. The van der Waals surface area contributed by atoms with E-state index in [1.807, 2.05) is 54.5 Å². The summed E-state index contributed by atoms with van der Waals surface area (Å²) in [5.74, 6) is -0.666. The molecule has 1 saturated heterocycles. The lowest BCUT2D eigenvalue weighted by Crippen LogP contribution is -2.41. The third-order valence-corrected chi connectivity index (χ3v) is 4.54. The molecule has 4 nitrogen and oxygen atoms in total. The zero-order chi connectivity index (χ0) is 19.0. The Kier molecular flexibility index (Phi) is 5.36. The van der Waals surface area contributed by atoms with Crippen molar-refractivity contribution in [3.63, 3.8) is 0 Å². The molecule has 0 radical (unpaired) electrons. The van der Waals surface area contributed by atoms with Crippen molar-refractivity contribution >= 4 is 18.6 Å². The molecule has 0 bridgehead atoms. The van der Waals surface area contributed by atoms with Gasteiger partial charge in [0.1, 0.15) is 11.4 Å². The molecule has 1 fully saturated rings. The van der Waals surface area contributed by atoms with Gasteiger partial charge in [0.25, 0.3) is 0 Å². The first-order valence-corrected chi connectivity index (χ1v) is 8.66. The average molecular weight is 350 g/mol. The van der Waals surface area contributed by atoms with E-state index in [-0.39, 0.29) is 18.2 Å². The molecule has 1 aromatic carbocycles. The van der Waals surface area contributed by atoms with Crippen molar-refractivity contribution in [3.05, 3.63) is 29.6 Å². The summed E-state index contributed by atoms with van der Waals surface area (Å²) in [6.45, 7) is 13.3. The highest BCUT2D eigenvalue weighted by molar-refractivity contribution is 6.62. The lowest BCUT2D eigenvalue weighted by atomic mass is 9.78. The third kappa shape index (κ3) is 5.05. The average Bonchev–Trinajstić information content (AvgIpc) is 2.63. The number of hydrogen-bond acceptors (Lipinski definition) is 4. The minimum atomic E-state index is -0.624. The highest BCUT2D eigenvalue weighted by atomic mass is 19.1. The van der Waals surface area contributed by atoms with Gasteiger partial charge in [0, 0.05) is 6.42 Å². The van der Waals surface area contributed by atoms with Gasteiger partial charge in [0.2, 0.25) is 0 Å². The van der Waals surface area contributed by atoms with Crippen LogP contribution in [0.2, 0.25) is 0 Å². The summed E-state index contributed by atoms with van der Waals surface area (Å²) in [6.07, 6.45) is 0.600. The minimum absolute atomic E-state index is 0.198. The van der Waals surface area contributed by atoms with Crippen molar-refractivity contribution in [1.82, 2.24) is 0 Å². The Balaban J connectivity index is 2.10. The van der Waals surface area contributed by atoms with Gasteiger partial charge in [-0.1, -0.05) is 6.07 Å². The number of rotatable bonds is 4. The van der Waals surface area contributed by atoms with Gasteiger partial charge in [-0.3, -0.25) is 4.79 Å². The van der Waals surface area contributed by atoms with E-state index in [1.54, 1.807) is 0 Å². The number of carbonyl (C=O) groups is 1. The van der Waals surface area contributed by atoms with E-state index in [4.69, 9.17) is 14.0 Å². The summed E-state index contributed by atoms with van der Waals surface area (Å²) in [4.78, 5) is 11.9. The number of halogens is 1. The first kappa shape index (κ1) is 19.9. The highest BCUT2D eigenvalue weighted by Gasteiger charge is 2.51. The van der Waals surface area contributed by atoms with E-state index in [1.165, 1.54) is 12.1 Å². The fourth-order valence-corrected chi connectivity index (χ4v) is 2.57. The summed E-state index contributed by atoms with van der Waals surface area (Å²) in [6, 6.07) is 4.67. The number of ether oxygens (including phenoxy) is 1. The van der Waals surface area contributed by atoms with Crippen LogP contribution < -0.4 is 5.46 Å². The molecule has 25 heavy (non-hydrogen) atoms.